The summed E-state index contributed by atoms with van der Waals surface area (Å²) < 4.78 is 2.06. The summed E-state index contributed by atoms with van der Waals surface area (Å²) in [5, 5.41) is 7.92. The molecule has 0 radical (unpaired) electrons. The smallest absolute Gasteiger partial charge is 0.138 e. The van der Waals surface area contributed by atoms with Crippen molar-refractivity contribution >= 4 is 0 Å². The van der Waals surface area contributed by atoms with Gasteiger partial charge in [0.25, 0.3) is 0 Å². The van der Waals surface area contributed by atoms with E-state index in [9.17, 15) is 0 Å². The highest BCUT2D eigenvalue weighted by Crippen LogP contribution is 2.10. The molecule has 0 bridgehead atoms. The molecule has 0 fully saturated rings. The van der Waals surface area contributed by atoms with Gasteiger partial charge < -0.3 is 5.32 Å². The van der Waals surface area contributed by atoms with Crippen molar-refractivity contribution in [2.24, 2.45) is 0 Å². The normalized spacial score (nSPS) is 12.8. The van der Waals surface area contributed by atoms with E-state index < -0.39 is 0 Å². The average Bonchev–Trinajstić information content (AvgIpc) is 2.86. The lowest BCUT2D eigenvalue weighted by Gasteiger charge is -2.17. The van der Waals surface area contributed by atoms with E-state index in [0.29, 0.717) is 6.04 Å². The first-order chi connectivity index (χ1) is 9.81. The molecule has 1 unspecified atom stereocenters. The first kappa shape index (κ1) is 17.2. The highest BCUT2D eigenvalue weighted by Gasteiger charge is 2.12. The fourth-order valence-electron chi connectivity index (χ4n) is 2.62. The van der Waals surface area contributed by atoms with E-state index in [4.69, 9.17) is 0 Å². The Labute approximate surface area is 124 Å². The minimum Gasteiger partial charge on any atom is -0.314 e. The summed E-state index contributed by atoms with van der Waals surface area (Å²) in [5.41, 5.74) is 0. The molecular weight excluding hydrogens is 248 g/mol. The standard InChI is InChI=1S/C16H32N4/c1-4-7-8-9-10-11-15(17-6-3)13-16-18-14-19-20(16)12-5-2/h14-15,17H,4-13H2,1-3H3. The van der Waals surface area contributed by atoms with Crippen LogP contribution in [0.4, 0.5) is 0 Å². The van der Waals surface area contributed by atoms with E-state index in [0.717, 1.165) is 31.8 Å². The first-order valence-corrected chi connectivity index (χ1v) is 8.41. The van der Waals surface area contributed by atoms with Gasteiger partial charge in [0.1, 0.15) is 12.2 Å². The Balaban J connectivity index is 2.38. The molecule has 0 aromatic carbocycles. The van der Waals surface area contributed by atoms with E-state index in [1.807, 2.05) is 0 Å². The van der Waals surface area contributed by atoms with Crippen LogP contribution < -0.4 is 5.32 Å². The van der Waals surface area contributed by atoms with Crippen LogP contribution in [0, 0.1) is 0 Å². The maximum absolute atomic E-state index is 4.43. The van der Waals surface area contributed by atoms with Crippen LogP contribution in [-0.2, 0) is 13.0 Å². The number of rotatable bonds is 12. The van der Waals surface area contributed by atoms with Crippen molar-refractivity contribution in [2.75, 3.05) is 6.54 Å². The molecule has 0 aliphatic heterocycles. The number of aromatic nitrogens is 3. The molecule has 0 amide bonds. The van der Waals surface area contributed by atoms with Crippen molar-refractivity contribution < 1.29 is 0 Å². The Hall–Kier alpha value is -0.900. The molecule has 4 heteroatoms. The summed E-state index contributed by atoms with van der Waals surface area (Å²) in [5.74, 6) is 1.13. The molecule has 0 saturated heterocycles. The molecule has 1 rings (SSSR count). The second kappa shape index (κ2) is 10.8. The van der Waals surface area contributed by atoms with Crippen molar-refractivity contribution in [2.45, 2.75) is 84.7 Å². The Morgan fingerprint density at radius 3 is 2.60 bits per heavy atom. The third-order valence-corrected chi connectivity index (χ3v) is 3.71. The Kier molecular flexibility index (Phi) is 9.29. The molecule has 0 saturated carbocycles. The molecule has 0 spiro atoms. The van der Waals surface area contributed by atoms with Crippen molar-refractivity contribution in [3.8, 4) is 0 Å². The third-order valence-electron chi connectivity index (χ3n) is 3.71. The zero-order valence-corrected chi connectivity index (χ0v) is 13.6. The Bertz CT molecular complexity index is 335. The van der Waals surface area contributed by atoms with Gasteiger partial charge in [-0.3, -0.25) is 4.68 Å². The van der Waals surface area contributed by atoms with Crippen LogP contribution in [0.1, 0.15) is 71.5 Å². The Morgan fingerprint density at radius 2 is 1.90 bits per heavy atom. The molecular formula is C16H32N4. The first-order valence-electron chi connectivity index (χ1n) is 8.41. The van der Waals surface area contributed by atoms with Crippen LogP contribution in [0.2, 0.25) is 0 Å². The van der Waals surface area contributed by atoms with Crippen LogP contribution in [0.15, 0.2) is 6.33 Å². The van der Waals surface area contributed by atoms with Crippen LogP contribution in [-0.4, -0.2) is 27.4 Å². The van der Waals surface area contributed by atoms with Crippen molar-refractivity contribution in [3.05, 3.63) is 12.2 Å². The average molecular weight is 280 g/mol. The summed E-state index contributed by atoms with van der Waals surface area (Å²) in [6.07, 6.45) is 11.8. The summed E-state index contributed by atoms with van der Waals surface area (Å²) in [6.45, 7) is 8.63. The van der Waals surface area contributed by atoms with Crippen molar-refractivity contribution in [1.29, 1.82) is 0 Å². The predicted octanol–water partition coefficient (Wildman–Crippen LogP) is 3.57. The van der Waals surface area contributed by atoms with E-state index in [1.54, 1.807) is 6.33 Å². The molecule has 4 nitrogen and oxygen atoms in total. The molecule has 1 atom stereocenters. The fraction of sp³-hybridized carbons (Fsp3) is 0.875. The molecule has 116 valence electrons. The zero-order valence-electron chi connectivity index (χ0n) is 13.6. The topological polar surface area (TPSA) is 42.7 Å². The summed E-state index contributed by atoms with van der Waals surface area (Å²) >= 11 is 0. The minimum absolute atomic E-state index is 0.543. The highest BCUT2D eigenvalue weighted by molar-refractivity contribution is 4.89. The van der Waals surface area contributed by atoms with Gasteiger partial charge in [-0.15, -0.1) is 0 Å². The Morgan fingerprint density at radius 1 is 1.10 bits per heavy atom. The lowest BCUT2D eigenvalue weighted by Crippen LogP contribution is -2.32. The lowest BCUT2D eigenvalue weighted by atomic mass is 10.0. The quantitative estimate of drug-likeness (QED) is 0.595. The molecule has 0 aliphatic carbocycles. The molecule has 1 aromatic heterocycles. The van der Waals surface area contributed by atoms with Gasteiger partial charge in [-0.05, 0) is 19.4 Å². The number of hydrogen-bond acceptors (Lipinski definition) is 3. The number of nitrogens with one attached hydrogen (secondary N) is 1. The van der Waals surface area contributed by atoms with Gasteiger partial charge in [0.05, 0.1) is 0 Å². The second-order valence-electron chi connectivity index (χ2n) is 5.56. The zero-order chi connectivity index (χ0) is 14.6. The largest absolute Gasteiger partial charge is 0.314 e. The number of unbranched alkanes of at least 4 members (excludes halogenated alkanes) is 4. The number of nitrogens with zero attached hydrogens (tertiary/aromatic N) is 3. The van der Waals surface area contributed by atoms with E-state index in [1.165, 1.54) is 38.5 Å². The minimum atomic E-state index is 0.543. The molecule has 0 aliphatic rings. The van der Waals surface area contributed by atoms with Crippen LogP contribution in [0.5, 0.6) is 0 Å². The van der Waals surface area contributed by atoms with E-state index >= 15 is 0 Å². The van der Waals surface area contributed by atoms with Crippen molar-refractivity contribution in [3.63, 3.8) is 0 Å². The molecule has 1 heterocycles. The van der Waals surface area contributed by atoms with Crippen LogP contribution in [0.3, 0.4) is 0 Å². The predicted molar refractivity (Wildman–Crippen MR) is 84.9 cm³/mol. The van der Waals surface area contributed by atoms with Crippen LogP contribution in [0.25, 0.3) is 0 Å². The number of aryl methyl sites for hydroxylation is 1. The third kappa shape index (κ3) is 6.51. The summed E-state index contributed by atoms with van der Waals surface area (Å²) in [4.78, 5) is 4.43. The monoisotopic (exact) mass is 280 g/mol. The lowest BCUT2D eigenvalue weighted by molar-refractivity contribution is 0.440. The number of likely N-dealkylation sites (N-methyl/N-ethyl adjacent to an activating group) is 1. The second-order valence-corrected chi connectivity index (χ2v) is 5.56. The summed E-state index contributed by atoms with van der Waals surface area (Å²) in [6, 6.07) is 0.543. The maximum atomic E-state index is 4.43. The van der Waals surface area contributed by atoms with Gasteiger partial charge in [-0.2, -0.15) is 5.10 Å². The van der Waals surface area contributed by atoms with Gasteiger partial charge in [-0.1, -0.05) is 52.9 Å². The molecule has 1 N–H and O–H groups in total. The number of hydrogen-bond donors (Lipinski definition) is 1. The molecule has 20 heavy (non-hydrogen) atoms. The summed E-state index contributed by atoms with van der Waals surface area (Å²) in [7, 11) is 0. The fourth-order valence-corrected chi connectivity index (χ4v) is 2.62. The SMILES string of the molecule is CCCCCCCC(Cc1ncnn1CCC)NCC. The highest BCUT2D eigenvalue weighted by atomic mass is 15.3. The van der Waals surface area contributed by atoms with Gasteiger partial charge in [-0.25, -0.2) is 4.98 Å². The van der Waals surface area contributed by atoms with Crippen molar-refractivity contribution in [1.82, 2.24) is 20.1 Å². The van der Waals surface area contributed by atoms with E-state index in [2.05, 4.69) is 40.9 Å². The van der Waals surface area contributed by atoms with E-state index in [-0.39, 0.29) is 0 Å². The van der Waals surface area contributed by atoms with Crippen LogP contribution >= 0.6 is 0 Å². The van der Waals surface area contributed by atoms with Gasteiger partial charge in [0, 0.05) is 19.0 Å². The molecule has 1 aromatic rings. The van der Waals surface area contributed by atoms with Gasteiger partial charge in [0.2, 0.25) is 0 Å². The van der Waals surface area contributed by atoms with Gasteiger partial charge >= 0.3 is 0 Å². The van der Waals surface area contributed by atoms with Gasteiger partial charge in [0.15, 0.2) is 0 Å². The maximum Gasteiger partial charge on any atom is 0.138 e.